The van der Waals surface area contributed by atoms with Crippen LogP contribution >= 0.6 is 0 Å². The molecule has 0 fully saturated rings. The van der Waals surface area contributed by atoms with Crippen LogP contribution in [0.3, 0.4) is 0 Å². The summed E-state index contributed by atoms with van der Waals surface area (Å²) in [7, 11) is -3.83. The molecule has 0 atom stereocenters. The van der Waals surface area contributed by atoms with Crippen LogP contribution in [0.2, 0.25) is 0 Å². The van der Waals surface area contributed by atoms with Crippen LogP contribution in [0, 0.1) is 13.8 Å². The molecule has 0 radical (unpaired) electrons. The summed E-state index contributed by atoms with van der Waals surface area (Å²) in [5, 5.41) is 0.599. The van der Waals surface area contributed by atoms with E-state index in [9.17, 15) is 18.0 Å². The number of rotatable bonds is 2. The minimum Gasteiger partial charge on any atom is -0.386 e. The minimum atomic E-state index is -3.83. The highest BCUT2D eigenvalue weighted by atomic mass is 32.2. The third-order valence-corrected chi connectivity index (χ3v) is 6.20. The van der Waals surface area contributed by atoms with Gasteiger partial charge < -0.3 is 4.74 Å². The van der Waals surface area contributed by atoms with Gasteiger partial charge in [-0.15, -0.1) is 0 Å². The van der Waals surface area contributed by atoms with Crippen LogP contribution in [-0.4, -0.2) is 24.3 Å². The van der Waals surface area contributed by atoms with E-state index in [0.717, 1.165) is 3.97 Å². The van der Waals surface area contributed by atoms with Crippen molar-refractivity contribution in [1.82, 2.24) is 3.97 Å². The molecule has 2 heterocycles. The van der Waals surface area contributed by atoms with E-state index in [4.69, 9.17) is 4.74 Å². The molecule has 6 nitrogen and oxygen atoms in total. The highest BCUT2D eigenvalue weighted by molar-refractivity contribution is 7.90. The summed E-state index contributed by atoms with van der Waals surface area (Å²) in [5.41, 5.74) is 1.68. The van der Waals surface area contributed by atoms with Crippen molar-refractivity contribution in [2.24, 2.45) is 0 Å². The molecule has 0 unspecified atom stereocenters. The molecule has 25 heavy (non-hydrogen) atoms. The maximum Gasteiger partial charge on any atom is 0.347 e. The number of cyclic esters (lactones) is 2. The van der Waals surface area contributed by atoms with Gasteiger partial charge in [-0.05, 0) is 43.2 Å². The Bertz CT molecular complexity index is 1170. The van der Waals surface area contributed by atoms with Gasteiger partial charge in [0.15, 0.2) is 0 Å². The van der Waals surface area contributed by atoms with E-state index in [2.05, 4.69) is 0 Å². The average Bonchev–Trinajstić information content (AvgIpc) is 3.16. The van der Waals surface area contributed by atoms with Crippen molar-refractivity contribution >= 4 is 32.9 Å². The van der Waals surface area contributed by atoms with Gasteiger partial charge in [0.1, 0.15) is 0 Å². The van der Waals surface area contributed by atoms with Crippen molar-refractivity contribution in [1.29, 1.82) is 0 Å². The fourth-order valence-electron chi connectivity index (χ4n) is 3.32. The van der Waals surface area contributed by atoms with Crippen molar-refractivity contribution in [3.8, 4) is 0 Å². The zero-order valence-electron chi connectivity index (χ0n) is 13.4. The normalized spacial score (nSPS) is 14.0. The van der Waals surface area contributed by atoms with Crippen molar-refractivity contribution in [2.45, 2.75) is 18.7 Å². The number of hydrogen-bond donors (Lipinski definition) is 0. The number of nitrogens with zero attached hydrogens (tertiary/aromatic N) is 1. The number of hydrogen-bond acceptors (Lipinski definition) is 5. The smallest absolute Gasteiger partial charge is 0.347 e. The first kappa shape index (κ1) is 15.6. The van der Waals surface area contributed by atoms with Crippen LogP contribution in [0.5, 0.6) is 0 Å². The topological polar surface area (TPSA) is 82.4 Å². The summed E-state index contributed by atoms with van der Waals surface area (Å²) in [4.78, 5) is 24.1. The predicted octanol–water partition coefficient (Wildman–Crippen LogP) is 2.81. The van der Waals surface area contributed by atoms with Crippen molar-refractivity contribution in [2.75, 3.05) is 0 Å². The monoisotopic (exact) mass is 355 g/mol. The Balaban J connectivity index is 2.10. The first-order chi connectivity index (χ1) is 11.8. The van der Waals surface area contributed by atoms with E-state index in [1.807, 2.05) is 0 Å². The van der Waals surface area contributed by atoms with E-state index in [-0.39, 0.29) is 16.0 Å². The van der Waals surface area contributed by atoms with E-state index >= 15 is 0 Å². The van der Waals surface area contributed by atoms with Gasteiger partial charge in [0.25, 0.3) is 10.0 Å². The number of esters is 2. The lowest BCUT2D eigenvalue weighted by Gasteiger charge is -2.12. The van der Waals surface area contributed by atoms with Crippen molar-refractivity contribution in [3.63, 3.8) is 0 Å². The van der Waals surface area contributed by atoms with Crippen LogP contribution in [0.15, 0.2) is 47.5 Å². The summed E-state index contributed by atoms with van der Waals surface area (Å²) in [6.45, 7) is 3.30. The van der Waals surface area contributed by atoms with Crippen LogP contribution in [-0.2, 0) is 14.8 Å². The standard InChI is InChI=1S/C18H13NO5S/c1-10-13-8-9-19(25(22,23)12-6-4-3-5-7-12)16(13)11(2)15-14(10)17(20)24-18(15)21/h3-9H,1-2H3. The van der Waals surface area contributed by atoms with Gasteiger partial charge in [0.05, 0.1) is 21.5 Å². The lowest BCUT2D eigenvalue weighted by molar-refractivity contribution is 0.0443. The van der Waals surface area contributed by atoms with Crippen LogP contribution in [0.1, 0.15) is 31.8 Å². The zero-order valence-corrected chi connectivity index (χ0v) is 14.3. The molecular weight excluding hydrogens is 342 g/mol. The summed E-state index contributed by atoms with van der Waals surface area (Å²) in [6, 6.07) is 9.67. The molecule has 0 spiro atoms. The molecule has 0 bridgehead atoms. The third-order valence-electron chi connectivity index (χ3n) is 4.50. The summed E-state index contributed by atoms with van der Waals surface area (Å²) in [5.74, 6) is -1.44. The molecule has 0 saturated heterocycles. The molecule has 1 aromatic heterocycles. The number of benzene rings is 2. The van der Waals surface area contributed by atoms with E-state index in [1.165, 1.54) is 18.3 Å². The summed E-state index contributed by atoms with van der Waals surface area (Å²) in [6.07, 6.45) is 1.44. The number of aromatic nitrogens is 1. The Labute approximate surface area is 143 Å². The van der Waals surface area contributed by atoms with Gasteiger partial charge in [-0.2, -0.15) is 0 Å². The summed E-state index contributed by atoms with van der Waals surface area (Å²) >= 11 is 0. The molecular formula is C18H13NO5S. The number of fused-ring (bicyclic) bond motifs is 2. The number of carbonyl (C=O) groups excluding carboxylic acids is 2. The van der Waals surface area contributed by atoms with Gasteiger partial charge in [-0.1, -0.05) is 18.2 Å². The lowest BCUT2D eigenvalue weighted by Crippen LogP contribution is -2.13. The minimum absolute atomic E-state index is 0.137. The highest BCUT2D eigenvalue weighted by Crippen LogP contribution is 2.36. The van der Waals surface area contributed by atoms with Gasteiger partial charge in [-0.3, -0.25) is 0 Å². The maximum atomic E-state index is 13.0. The Morgan fingerprint density at radius 1 is 0.880 bits per heavy atom. The van der Waals surface area contributed by atoms with Gasteiger partial charge in [0.2, 0.25) is 0 Å². The Morgan fingerprint density at radius 3 is 2.12 bits per heavy atom. The molecule has 0 saturated carbocycles. The Morgan fingerprint density at radius 2 is 1.48 bits per heavy atom. The van der Waals surface area contributed by atoms with Crippen LogP contribution < -0.4 is 0 Å². The molecule has 0 amide bonds. The lowest BCUT2D eigenvalue weighted by atomic mass is 9.95. The quantitative estimate of drug-likeness (QED) is 0.521. The van der Waals surface area contributed by atoms with E-state index in [0.29, 0.717) is 22.0 Å². The average molecular weight is 355 g/mol. The molecule has 3 aromatic rings. The second kappa shape index (κ2) is 5.03. The molecule has 4 rings (SSSR count). The Kier molecular flexibility index (Phi) is 3.14. The first-order valence-electron chi connectivity index (χ1n) is 7.55. The predicted molar refractivity (Wildman–Crippen MR) is 90.2 cm³/mol. The second-order valence-corrected chi connectivity index (χ2v) is 7.68. The maximum absolute atomic E-state index is 13.0. The molecule has 2 aromatic carbocycles. The molecule has 7 heteroatoms. The van der Waals surface area contributed by atoms with Gasteiger partial charge >= 0.3 is 11.9 Å². The second-order valence-electron chi connectivity index (χ2n) is 5.87. The molecule has 1 aliphatic heterocycles. The molecule has 1 aliphatic rings. The number of aryl methyl sites for hydroxylation is 2. The van der Waals surface area contributed by atoms with Gasteiger partial charge in [-0.25, -0.2) is 22.0 Å². The largest absolute Gasteiger partial charge is 0.386 e. The third kappa shape index (κ3) is 1.99. The summed E-state index contributed by atoms with van der Waals surface area (Å²) < 4.78 is 31.9. The fourth-order valence-corrected chi connectivity index (χ4v) is 4.74. The van der Waals surface area contributed by atoms with Crippen LogP contribution in [0.25, 0.3) is 10.9 Å². The van der Waals surface area contributed by atoms with Crippen molar-refractivity contribution in [3.05, 3.63) is 64.8 Å². The molecule has 0 N–H and O–H groups in total. The van der Waals surface area contributed by atoms with E-state index in [1.54, 1.807) is 38.1 Å². The first-order valence-corrected chi connectivity index (χ1v) is 8.99. The molecule has 0 aliphatic carbocycles. The number of carbonyl (C=O) groups is 2. The van der Waals surface area contributed by atoms with E-state index < -0.39 is 22.0 Å². The van der Waals surface area contributed by atoms with Gasteiger partial charge in [0, 0.05) is 11.6 Å². The van der Waals surface area contributed by atoms with Crippen LogP contribution in [0.4, 0.5) is 0 Å². The SMILES string of the molecule is Cc1c2c(c(C)c3c1ccn3S(=O)(=O)c1ccccc1)C(=O)OC2=O. The fraction of sp³-hybridized carbons (Fsp3) is 0.111. The Hall–Kier alpha value is -2.93. The number of ether oxygens (including phenoxy) is 1. The molecule has 126 valence electrons. The van der Waals surface area contributed by atoms with Crippen molar-refractivity contribution < 1.29 is 22.7 Å². The highest BCUT2D eigenvalue weighted by Gasteiger charge is 2.36. The zero-order chi connectivity index (χ0) is 17.9.